The van der Waals surface area contributed by atoms with Gasteiger partial charge in [0, 0.05) is 29.0 Å². The van der Waals surface area contributed by atoms with Gasteiger partial charge in [0.15, 0.2) is 0 Å². The van der Waals surface area contributed by atoms with E-state index in [1.54, 1.807) is 10.8 Å². The number of aromatic nitrogens is 1. The average Bonchev–Trinajstić information content (AvgIpc) is 2.42. The van der Waals surface area contributed by atoms with Gasteiger partial charge in [-0.2, -0.15) is 4.39 Å². The monoisotopic (exact) mass is 262 g/mol. The third kappa shape index (κ3) is 2.41. The Morgan fingerprint density at radius 3 is 2.67 bits per heavy atom. The molecule has 5 heteroatoms. The number of benzene rings is 1. The van der Waals surface area contributed by atoms with Crippen LogP contribution < -0.4 is 0 Å². The van der Waals surface area contributed by atoms with E-state index in [4.69, 9.17) is 23.2 Å². The molecule has 2 aromatic rings. The van der Waals surface area contributed by atoms with Gasteiger partial charge in [-0.05, 0) is 6.07 Å². The van der Waals surface area contributed by atoms with E-state index in [-0.39, 0.29) is 0 Å². The molecule has 0 unspecified atom stereocenters. The van der Waals surface area contributed by atoms with Gasteiger partial charge in [0.05, 0.1) is 0 Å². The number of nitrogens with zero attached hydrogens (tertiary/aromatic N) is 1. The van der Waals surface area contributed by atoms with Crippen LogP contribution >= 0.6 is 35.0 Å². The highest BCUT2D eigenvalue weighted by Crippen LogP contribution is 2.44. The van der Waals surface area contributed by atoms with Crippen LogP contribution in [-0.4, -0.2) is 8.49 Å². The average molecular weight is 263 g/mol. The van der Waals surface area contributed by atoms with Crippen LogP contribution in [0.2, 0.25) is 0 Å². The fourth-order valence-corrected chi connectivity index (χ4v) is 2.63. The second-order valence-corrected chi connectivity index (χ2v) is 5.92. The molecule has 1 radical (unpaired) electrons. The molecule has 15 heavy (non-hydrogen) atoms. The molecule has 1 aromatic heterocycles. The molecular formula is C10H7Cl2FNS. The minimum absolute atomic E-state index is 0.674. The fraction of sp³-hybridized carbons (Fsp3) is 0.100. The molecule has 0 aliphatic carbocycles. The van der Waals surface area contributed by atoms with Crippen LogP contribution in [0.25, 0.3) is 10.9 Å². The van der Waals surface area contributed by atoms with Crippen molar-refractivity contribution in [3.63, 3.8) is 0 Å². The highest BCUT2D eigenvalue weighted by atomic mass is 35.5. The van der Waals surface area contributed by atoms with Gasteiger partial charge in [-0.25, -0.2) is 0 Å². The summed E-state index contributed by atoms with van der Waals surface area (Å²) in [6, 6.07) is 7.53. The van der Waals surface area contributed by atoms with Crippen LogP contribution in [0.5, 0.6) is 0 Å². The van der Waals surface area contributed by atoms with Crippen molar-refractivity contribution in [2.24, 2.45) is 0 Å². The summed E-state index contributed by atoms with van der Waals surface area (Å²) in [4.78, 5) is 0.674. The number of alkyl halides is 3. The number of fused-ring (bicyclic) bond motifs is 1. The lowest BCUT2D eigenvalue weighted by Crippen LogP contribution is -1.94. The lowest BCUT2D eigenvalue weighted by molar-refractivity contribution is 0.516. The maximum Gasteiger partial charge on any atom is 0.309 e. The zero-order valence-electron chi connectivity index (χ0n) is 7.58. The van der Waals surface area contributed by atoms with Gasteiger partial charge >= 0.3 is 3.92 Å². The molecule has 0 spiro atoms. The quantitative estimate of drug-likeness (QED) is 0.573. The Kier molecular flexibility index (Phi) is 2.88. The second kappa shape index (κ2) is 3.89. The van der Waals surface area contributed by atoms with Gasteiger partial charge < -0.3 is 4.57 Å². The van der Waals surface area contributed by atoms with Crippen LogP contribution in [0, 0.1) is 7.05 Å². The summed E-state index contributed by atoms with van der Waals surface area (Å²) >= 11 is 11.4. The molecular weight excluding hydrogens is 256 g/mol. The third-order valence-electron chi connectivity index (χ3n) is 1.98. The predicted molar refractivity (Wildman–Crippen MR) is 64.1 cm³/mol. The molecule has 2 rings (SSSR count). The van der Waals surface area contributed by atoms with Gasteiger partial charge in [-0.15, -0.1) is 0 Å². The first-order valence-corrected chi connectivity index (χ1v) is 5.71. The Balaban J connectivity index is 2.53. The minimum atomic E-state index is -2.32. The molecule has 0 amide bonds. The third-order valence-corrected chi connectivity index (χ3v) is 3.22. The van der Waals surface area contributed by atoms with Crippen LogP contribution in [0.4, 0.5) is 4.39 Å². The maximum absolute atomic E-state index is 13.1. The molecule has 1 nitrogen and oxygen atoms in total. The second-order valence-electron chi connectivity index (χ2n) is 3.03. The molecule has 79 valence electrons. The van der Waals surface area contributed by atoms with E-state index in [2.05, 4.69) is 7.05 Å². The van der Waals surface area contributed by atoms with Crippen LogP contribution in [0.1, 0.15) is 0 Å². The fourth-order valence-electron chi connectivity index (χ4n) is 1.42. The zero-order valence-corrected chi connectivity index (χ0v) is 9.91. The number of hydrogen-bond donors (Lipinski definition) is 0. The number of hydrogen-bond acceptors (Lipinski definition) is 1. The normalized spacial score (nSPS) is 12.3. The van der Waals surface area contributed by atoms with Crippen molar-refractivity contribution in [3.05, 3.63) is 37.5 Å². The first-order valence-electron chi connectivity index (χ1n) is 4.14. The first-order chi connectivity index (χ1) is 6.97. The summed E-state index contributed by atoms with van der Waals surface area (Å²) in [6.07, 6.45) is 1.70. The molecule has 0 saturated carbocycles. The SMILES string of the molecule is [CH2]n1cc(SC(F)(Cl)Cl)c2ccccc21. The van der Waals surface area contributed by atoms with Gasteiger partial charge in [-0.1, -0.05) is 53.2 Å². The summed E-state index contributed by atoms with van der Waals surface area (Å²) in [6.45, 7) is 0. The largest absolute Gasteiger partial charge is 0.345 e. The first kappa shape index (κ1) is 11.1. The Hall–Kier alpha value is -0.380. The summed E-state index contributed by atoms with van der Waals surface area (Å²) in [7, 11) is 3.79. The molecule has 1 heterocycles. The Labute approximate surface area is 101 Å². The number of halogens is 3. The molecule has 0 aliphatic rings. The maximum atomic E-state index is 13.1. The van der Waals surface area contributed by atoms with Gasteiger partial charge in [0.1, 0.15) is 0 Å². The summed E-state index contributed by atoms with van der Waals surface area (Å²) in [5, 5.41) is 0.890. The van der Waals surface area contributed by atoms with E-state index in [1.807, 2.05) is 24.3 Å². The molecule has 0 atom stereocenters. The van der Waals surface area contributed by atoms with E-state index in [1.165, 1.54) is 0 Å². The van der Waals surface area contributed by atoms with Gasteiger partial charge in [-0.3, -0.25) is 0 Å². The molecule has 0 saturated heterocycles. The van der Waals surface area contributed by atoms with Gasteiger partial charge in [0.2, 0.25) is 0 Å². The van der Waals surface area contributed by atoms with Crippen molar-refractivity contribution in [2.45, 2.75) is 8.81 Å². The van der Waals surface area contributed by atoms with E-state index in [0.717, 1.165) is 22.7 Å². The van der Waals surface area contributed by atoms with E-state index in [9.17, 15) is 4.39 Å². The van der Waals surface area contributed by atoms with Crippen molar-refractivity contribution in [2.75, 3.05) is 0 Å². The molecule has 1 aromatic carbocycles. The lowest BCUT2D eigenvalue weighted by atomic mass is 10.2. The van der Waals surface area contributed by atoms with Crippen molar-refractivity contribution in [1.82, 2.24) is 4.57 Å². The number of thioether (sulfide) groups is 1. The van der Waals surface area contributed by atoms with Crippen LogP contribution in [0.3, 0.4) is 0 Å². The van der Waals surface area contributed by atoms with Crippen molar-refractivity contribution < 1.29 is 4.39 Å². The van der Waals surface area contributed by atoms with Crippen LogP contribution in [0.15, 0.2) is 35.4 Å². The van der Waals surface area contributed by atoms with Crippen LogP contribution in [-0.2, 0) is 0 Å². The Morgan fingerprint density at radius 2 is 2.00 bits per heavy atom. The predicted octanol–water partition coefficient (Wildman–Crippen LogP) is 4.43. The molecule has 0 N–H and O–H groups in total. The van der Waals surface area contributed by atoms with E-state index >= 15 is 0 Å². The minimum Gasteiger partial charge on any atom is -0.345 e. The highest BCUT2D eigenvalue weighted by Gasteiger charge is 2.25. The number of rotatable bonds is 2. The topological polar surface area (TPSA) is 4.93 Å². The highest BCUT2D eigenvalue weighted by molar-refractivity contribution is 8.03. The van der Waals surface area contributed by atoms with Crippen molar-refractivity contribution >= 4 is 45.9 Å². The molecule has 0 bridgehead atoms. The van der Waals surface area contributed by atoms with Crippen molar-refractivity contribution in [3.8, 4) is 0 Å². The van der Waals surface area contributed by atoms with E-state index < -0.39 is 3.92 Å². The molecule has 0 aliphatic heterocycles. The standard InChI is InChI=1S/C10H7Cl2FNS/c1-14-6-9(15-10(11,12)13)7-4-2-3-5-8(7)14/h2-6H,1H2. The Bertz CT molecular complexity index is 490. The van der Waals surface area contributed by atoms with Gasteiger partial charge in [0.25, 0.3) is 0 Å². The van der Waals surface area contributed by atoms with Crippen molar-refractivity contribution in [1.29, 1.82) is 0 Å². The van der Waals surface area contributed by atoms with E-state index in [0.29, 0.717) is 4.90 Å². The zero-order chi connectivity index (χ0) is 11.1. The lowest BCUT2D eigenvalue weighted by Gasteiger charge is -2.06. The summed E-state index contributed by atoms with van der Waals surface area (Å²) in [5.74, 6) is 0. The number of para-hydroxylation sites is 1. The Morgan fingerprint density at radius 1 is 1.33 bits per heavy atom. The summed E-state index contributed by atoms with van der Waals surface area (Å²) < 4.78 is 12.4. The molecule has 0 fully saturated rings. The summed E-state index contributed by atoms with van der Waals surface area (Å²) in [5.41, 5.74) is 0.914. The smallest absolute Gasteiger partial charge is 0.309 e.